The van der Waals surface area contributed by atoms with Crippen molar-refractivity contribution in [2.75, 3.05) is 12.4 Å². The maximum absolute atomic E-state index is 12.5. The van der Waals surface area contributed by atoms with Gasteiger partial charge >= 0.3 is 10.4 Å². The highest BCUT2D eigenvalue weighted by Crippen LogP contribution is 2.45. The zero-order chi connectivity index (χ0) is 38.3. The molecule has 0 radical (unpaired) electrons. The van der Waals surface area contributed by atoms with Crippen LogP contribution >= 0.6 is 0 Å². The SMILES string of the molecule is Cc1cc(N=Nc2c(S(=O)(=O)O)cc3cc(S(=O)(=O)O)cc(S(=O)(=O)O)c3c2O)c(O)cc1N=Nc1cccc(S(=O)(=O)CCOS(=O)(=O)O)c1. The van der Waals surface area contributed by atoms with Crippen LogP contribution in [0.4, 0.5) is 22.7 Å². The maximum atomic E-state index is 12.5. The Balaban J connectivity index is 1.74. The van der Waals surface area contributed by atoms with Gasteiger partial charge in [0.05, 0.1) is 33.5 Å². The van der Waals surface area contributed by atoms with Gasteiger partial charge in [-0.3, -0.25) is 18.2 Å². The molecule has 4 aromatic rings. The number of aryl methyl sites for hydroxylation is 1. The predicted octanol–water partition coefficient (Wildman–Crippen LogP) is 3.72. The van der Waals surface area contributed by atoms with E-state index in [4.69, 9.17) is 4.55 Å². The Morgan fingerprint density at radius 1 is 0.647 bits per heavy atom. The van der Waals surface area contributed by atoms with Crippen LogP contribution in [0, 0.1) is 6.92 Å². The quantitative estimate of drug-likeness (QED) is 0.0876. The molecule has 51 heavy (non-hydrogen) atoms. The molecule has 21 nitrogen and oxygen atoms in total. The molecular weight excluding hydrogens is 789 g/mol. The summed E-state index contributed by atoms with van der Waals surface area (Å²) in [6, 6.07) is 8.33. The summed E-state index contributed by atoms with van der Waals surface area (Å²) in [7, 11) is -24.8. The molecule has 6 N–H and O–H groups in total. The van der Waals surface area contributed by atoms with Crippen LogP contribution in [0.2, 0.25) is 0 Å². The third-order valence-corrected chi connectivity index (χ3v) is 11.2. The van der Waals surface area contributed by atoms with Crippen molar-refractivity contribution in [2.45, 2.75) is 26.5 Å². The number of aromatic hydroxyl groups is 2. The number of phenolic OH excluding ortho intramolecular Hbond substituents is 2. The maximum Gasteiger partial charge on any atom is 0.397 e. The molecule has 0 aromatic heterocycles. The van der Waals surface area contributed by atoms with Crippen molar-refractivity contribution in [3.05, 3.63) is 60.2 Å². The summed E-state index contributed by atoms with van der Waals surface area (Å²) >= 11 is 0. The van der Waals surface area contributed by atoms with E-state index in [9.17, 15) is 66.0 Å². The Kier molecular flexibility index (Phi) is 10.7. The van der Waals surface area contributed by atoms with Crippen molar-refractivity contribution in [2.24, 2.45) is 20.5 Å². The first-order valence-electron chi connectivity index (χ1n) is 13.2. The molecular formula is C25H22N4O17S5. The van der Waals surface area contributed by atoms with Gasteiger partial charge in [-0.2, -0.15) is 43.9 Å². The van der Waals surface area contributed by atoms with Gasteiger partial charge in [0.1, 0.15) is 26.9 Å². The van der Waals surface area contributed by atoms with Crippen LogP contribution < -0.4 is 0 Å². The van der Waals surface area contributed by atoms with Gasteiger partial charge in [0.2, 0.25) is 0 Å². The van der Waals surface area contributed by atoms with E-state index in [-0.39, 0.29) is 27.9 Å². The number of rotatable bonds is 12. The van der Waals surface area contributed by atoms with Gasteiger partial charge in [-0.25, -0.2) is 12.6 Å². The van der Waals surface area contributed by atoms with E-state index in [0.29, 0.717) is 12.1 Å². The van der Waals surface area contributed by atoms with Crippen molar-refractivity contribution in [3.8, 4) is 11.5 Å². The molecule has 0 fully saturated rings. The average Bonchev–Trinajstić information content (AvgIpc) is 2.98. The van der Waals surface area contributed by atoms with Crippen molar-refractivity contribution in [1.82, 2.24) is 0 Å². The zero-order valence-corrected chi connectivity index (χ0v) is 29.2. The first-order chi connectivity index (χ1) is 23.3. The first kappa shape index (κ1) is 39.3. The van der Waals surface area contributed by atoms with Gasteiger partial charge in [-0.15, -0.1) is 10.2 Å². The summed E-state index contributed by atoms with van der Waals surface area (Å²) in [5.74, 6) is -2.83. The highest BCUT2D eigenvalue weighted by molar-refractivity contribution is 7.91. The van der Waals surface area contributed by atoms with Crippen LogP contribution in [-0.2, 0) is 54.8 Å². The van der Waals surface area contributed by atoms with Crippen LogP contribution in [0.3, 0.4) is 0 Å². The van der Waals surface area contributed by atoms with Crippen molar-refractivity contribution >= 4 is 84.1 Å². The van der Waals surface area contributed by atoms with Crippen molar-refractivity contribution in [1.29, 1.82) is 0 Å². The van der Waals surface area contributed by atoms with E-state index in [1.54, 1.807) is 0 Å². The second kappa shape index (κ2) is 13.9. The molecule has 0 amide bonds. The molecule has 0 spiro atoms. The lowest BCUT2D eigenvalue weighted by molar-refractivity contribution is 0.284. The molecule has 26 heteroatoms. The van der Waals surface area contributed by atoms with Gasteiger partial charge in [0.15, 0.2) is 15.6 Å². The normalized spacial score (nSPS) is 13.4. The van der Waals surface area contributed by atoms with Crippen LogP contribution in [0.15, 0.2) is 94.6 Å². The molecule has 0 aliphatic rings. The average molecular weight is 811 g/mol. The molecule has 0 heterocycles. The van der Waals surface area contributed by atoms with E-state index in [1.807, 2.05) is 0 Å². The van der Waals surface area contributed by atoms with Gasteiger partial charge in [-0.05, 0) is 60.3 Å². The fourth-order valence-electron chi connectivity index (χ4n) is 4.25. The van der Waals surface area contributed by atoms with Crippen LogP contribution in [0.25, 0.3) is 10.8 Å². The zero-order valence-electron chi connectivity index (χ0n) is 25.1. The summed E-state index contributed by atoms with van der Waals surface area (Å²) in [5.41, 5.74) is -1.33. The highest BCUT2D eigenvalue weighted by atomic mass is 32.3. The Labute approximate surface area is 288 Å². The smallest absolute Gasteiger partial charge is 0.397 e. The van der Waals surface area contributed by atoms with Crippen LogP contribution in [0.1, 0.15) is 5.56 Å². The van der Waals surface area contributed by atoms with Gasteiger partial charge in [0, 0.05) is 11.5 Å². The summed E-state index contributed by atoms with van der Waals surface area (Å²) in [5, 5.41) is 34.9. The standard InChI is InChI=1S/C25H22N4O17S5/c1-13-7-19(20(30)12-18(13)27-26-15-3-2-4-16(10-15)47(32,33)6-5-46-51(43,44)45)28-29-24-22(50(40,41)42)9-14-8-17(48(34,35)36)11-21(49(37,38)39)23(14)25(24)31/h2-4,7-12,30-31H,5-6H2,1H3,(H,34,35,36)(H,37,38,39)(H,40,41,42)(H,43,44,45). The minimum atomic E-state index is -5.37. The summed E-state index contributed by atoms with van der Waals surface area (Å²) in [6.45, 7) is 0.571. The molecule has 274 valence electrons. The van der Waals surface area contributed by atoms with E-state index >= 15 is 0 Å². The number of hydrogen-bond donors (Lipinski definition) is 6. The number of sulfone groups is 1. The topological polar surface area (TPSA) is 351 Å². The summed E-state index contributed by atoms with van der Waals surface area (Å²) in [4.78, 5) is -3.96. The molecule has 0 atom stereocenters. The molecule has 0 saturated heterocycles. The third kappa shape index (κ3) is 9.44. The molecule has 0 aliphatic carbocycles. The number of azo groups is 2. The summed E-state index contributed by atoms with van der Waals surface area (Å²) in [6.07, 6.45) is 0. The van der Waals surface area contributed by atoms with E-state index in [0.717, 1.165) is 18.2 Å². The van der Waals surface area contributed by atoms with E-state index in [1.165, 1.54) is 25.1 Å². The van der Waals surface area contributed by atoms with Crippen molar-refractivity contribution in [3.63, 3.8) is 0 Å². The number of benzene rings is 4. The van der Waals surface area contributed by atoms with Crippen molar-refractivity contribution < 1.29 is 74.7 Å². The fourth-order valence-corrected chi connectivity index (χ4v) is 7.80. The lowest BCUT2D eigenvalue weighted by Crippen LogP contribution is -2.15. The molecule has 0 aliphatic heterocycles. The number of hydrogen-bond acceptors (Lipinski definition) is 17. The molecule has 0 bridgehead atoms. The van der Waals surface area contributed by atoms with Crippen LogP contribution in [-0.4, -0.2) is 82.9 Å². The summed E-state index contributed by atoms with van der Waals surface area (Å²) < 4.78 is 160. The number of phenols is 2. The second-order valence-electron chi connectivity index (χ2n) is 10.1. The lowest BCUT2D eigenvalue weighted by atomic mass is 10.1. The fraction of sp³-hybridized carbons (Fsp3) is 0.120. The Morgan fingerprint density at radius 3 is 1.86 bits per heavy atom. The molecule has 0 saturated carbocycles. The van der Waals surface area contributed by atoms with Gasteiger partial charge in [0.25, 0.3) is 30.4 Å². The minimum Gasteiger partial charge on any atom is -0.506 e. The second-order valence-corrected chi connectivity index (χ2v) is 17.5. The Bertz CT molecular complexity index is 2710. The third-order valence-electron chi connectivity index (χ3n) is 6.53. The van der Waals surface area contributed by atoms with E-state index < -0.39 is 111 Å². The van der Waals surface area contributed by atoms with E-state index in [2.05, 4.69) is 24.6 Å². The highest BCUT2D eigenvalue weighted by Gasteiger charge is 2.29. The molecule has 4 aromatic carbocycles. The van der Waals surface area contributed by atoms with Crippen LogP contribution in [0.5, 0.6) is 11.5 Å². The monoisotopic (exact) mass is 810 g/mol. The lowest BCUT2D eigenvalue weighted by Gasteiger charge is -2.12. The Morgan fingerprint density at radius 2 is 1.27 bits per heavy atom. The number of fused-ring (bicyclic) bond motifs is 1. The largest absolute Gasteiger partial charge is 0.506 e. The molecule has 0 unspecified atom stereocenters. The van der Waals surface area contributed by atoms with Gasteiger partial charge in [-0.1, -0.05) is 6.07 Å². The molecule has 4 rings (SSSR count). The Hall–Kier alpha value is -4.51. The van der Waals surface area contributed by atoms with Gasteiger partial charge < -0.3 is 10.2 Å². The number of nitrogens with zero attached hydrogens (tertiary/aromatic N) is 4. The first-order valence-corrected chi connectivity index (χ1v) is 20.5. The minimum absolute atomic E-state index is 0.00748. The predicted molar refractivity (Wildman–Crippen MR) is 172 cm³/mol.